The maximum Gasteiger partial charge on any atom is 0.0120 e. The Morgan fingerprint density at radius 2 is 2.60 bits per heavy atom. The number of hydrogen-bond donors (Lipinski definition) is 0. The van der Waals surface area contributed by atoms with E-state index in [1.54, 1.807) is 17.2 Å². The molecule has 0 radical (unpaired) electrons. The molecule has 0 aromatic carbocycles. The fraction of sp³-hybridized carbons (Fsp3) is 0.250. The van der Waals surface area contributed by atoms with Gasteiger partial charge in [-0.15, -0.1) is 17.5 Å². The predicted octanol–water partition coefficient (Wildman–Crippen LogP) is 1.65. The topological polar surface area (TPSA) is 0 Å². The molecule has 0 amide bonds. The molecule has 0 atom stereocenters. The maximum absolute atomic E-state index is 3.35. The molecule has 5 heavy (non-hydrogen) atoms. The molecule has 0 saturated carbocycles. The van der Waals surface area contributed by atoms with Crippen LogP contribution in [0, 0.1) is 0 Å². The first-order chi connectivity index (χ1) is 2.41. The maximum atomic E-state index is 3.35. The molecule has 0 heterocycles. The van der Waals surface area contributed by atoms with Gasteiger partial charge in [0.15, 0.2) is 0 Å². The molecule has 0 N–H and O–H groups in total. The van der Waals surface area contributed by atoms with Crippen molar-refractivity contribution in [2.45, 2.75) is 0 Å². The van der Waals surface area contributed by atoms with Crippen LogP contribution in [0.1, 0.15) is 0 Å². The van der Waals surface area contributed by atoms with Crippen molar-refractivity contribution in [3.8, 4) is 0 Å². The van der Waals surface area contributed by atoms with Crippen LogP contribution in [0.4, 0.5) is 0 Å². The molecule has 0 aromatic heterocycles. The molecule has 0 unspecified atom stereocenters. The minimum absolute atomic E-state index is 1.60. The predicted molar refractivity (Wildman–Crippen MR) is 27.2 cm³/mol. The lowest BCUT2D eigenvalue weighted by molar-refractivity contribution is 2.38. The highest BCUT2D eigenvalue weighted by Crippen LogP contribution is 1.87. The molecule has 1 heteroatoms. The molecule has 0 bridgehead atoms. The molecule has 0 fully saturated rings. The Morgan fingerprint density at radius 3 is 2.60 bits per heavy atom. The molecule has 0 aliphatic heterocycles. The summed E-state index contributed by atoms with van der Waals surface area (Å²) in [5.74, 6) is 0. The van der Waals surface area contributed by atoms with Gasteiger partial charge in [0.25, 0.3) is 0 Å². The second kappa shape index (κ2) is 3.87. The summed E-state index contributed by atoms with van der Waals surface area (Å²) < 4.78 is 0. The Balaban J connectivity index is 2.93. The number of rotatable bonds is 1. The lowest BCUT2D eigenvalue weighted by Gasteiger charge is -1.60. The van der Waals surface area contributed by atoms with Gasteiger partial charge < -0.3 is 0 Å². The third-order valence-electron chi connectivity index (χ3n) is 0.201. The van der Waals surface area contributed by atoms with Crippen LogP contribution < -0.4 is 0 Å². The summed E-state index contributed by atoms with van der Waals surface area (Å²) in [5.41, 5.74) is 2.61. The van der Waals surface area contributed by atoms with Crippen LogP contribution in [0.25, 0.3) is 0 Å². The van der Waals surface area contributed by atoms with Crippen LogP contribution in [-0.4, -0.2) is 6.26 Å². The summed E-state index contributed by atoms with van der Waals surface area (Å²) in [7, 11) is 0. The monoisotopic (exact) mass is 86.0 g/mol. The number of hydrogen-bond acceptors (Lipinski definition) is 1. The Labute approximate surface area is 36.6 Å². The van der Waals surface area contributed by atoms with Crippen LogP contribution in [0.2, 0.25) is 0 Å². The fourth-order valence-corrected chi connectivity index (χ4v) is 0.250. The van der Waals surface area contributed by atoms with Crippen LogP contribution in [0.3, 0.4) is 0 Å². The van der Waals surface area contributed by atoms with Crippen LogP contribution in [0.5, 0.6) is 0 Å². The summed E-state index contributed by atoms with van der Waals surface area (Å²) >= 11 is 1.60. The van der Waals surface area contributed by atoms with Crippen LogP contribution in [-0.2, 0) is 0 Å². The molecule has 0 saturated heterocycles. The third-order valence-corrected chi connectivity index (χ3v) is 0.604. The molecule has 0 aliphatic rings. The summed E-state index contributed by atoms with van der Waals surface area (Å²) in [6.07, 6.45) is 1.97. The molecular weight excluding hydrogens is 80.1 g/mol. The molecule has 0 aliphatic carbocycles. The van der Waals surface area contributed by atoms with Crippen LogP contribution in [0.15, 0.2) is 17.7 Å². The Hall–Kier alpha value is -0.130. The highest BCUT2D eigenvalue weighted by Gasteiger charge is 1.48. The van der Waals surface area contributed by atoms with E-state index in [9.17, 15) is 0 Å². The van der Waals surface area contributed by atoms with Gasteiger partial charge in [-0.25, -0.2) is 0 Å². The normalized spacial score (nSPS) is 5.80. The lowest BCUT2D eigenvalue weighted by atomic mass is 11.0. The van der Waals surface area contributed by atoms with Gasteiger partial charge in [0.05, 0.1) is 0 Å². The van der Waals surface area contributed by atoms with Gasteiger partial charge in [-0.1, -0.05) is 6.58 Å². The average molecular weight is 86.2 g/mol. The zero-order chi connectivity index (χ0) is 4.12. The second-order valence-corrected chi connectivity index (χ2v) is 1.26. The smallest absolute Gasteiger partial charge is 0.0120 e. The Morgan fingerprint density at radius 1 is 2.00 bits per heavy atom. The van der Waals surface area contributed by atoms with Crippen LogP contribution >= 0.6 is 11.8 Å². The number of thioether (sulfide) groups is 1. The van der Waals surface area contributed by atoms with Gasteiger partial charge in [0, 0.05) is 5.41 Å². The zero-order valence-electron chi connectivity index (χ0n) is 3.19. The SMILES string of the molecule is C=C=CSC. The van der Waals surface area contributed by atoms with Gasteiger partial charge >= 0.3 is 0 Å². The minimum atomic E-state index is 1.60. The van der Waals surface area contributed by atoms with E-state index in [1.807, 2.05) is 6.26 Å². The van der Waals surface area contributed by atoms with E-state index < -0.39 is 0 Å². The summed E-state index contributed by atoms with van der Waals surface area (Å²) in [4.78, 5) is 0. The average Bonchev–Trinajstić information content (AvgIpc) is 1.41. The van der Waals surface area contributed by atoms with Gasteiger partial charge in [0.1, 0.15) is 0 Å². The van der Waals surface area contributed by atoms with E-state index in [1.165, 1.54) is 0 Å². The van der Waals surface area contributed by atoms with E-state index in [4.69, 9.17) is 0 Å². The highest BCUT2D eigenvalue weighted by molar-refractivity contribution is 8.01. The zero-order valence-corrected chi connectivity index (χ0v) is 4.01. The molecular formula is C4H6S. The van der Waals surface area contributed by atoms with Crippen molar-refractivity contribution in [1.82, 2.24) is 0 Å². The van der Waals surface area contributed by atoms with Gasteiger partial charge in [-0.2, -0.15) is 0 Å². The minimum Gasteiger partial charge on any atom is -0.129 e. The molecule has 28 valence electrons. The van der Waals surface area contributed by atoms with E-state index in [2.05, 4.69) is 12.3 Å². The fourth-order valence-electron chi connectivity index (χ4n) is 0.0833. The Kier molecular flexibility index (Phi) is 3.77. The van der Waals surface area contributed by atoms with Gasteiger partial charge in [0.2, 0.25) is 0 Å². The van der Waals surface area contributed by atoms with Crippen molar-refractivity contribution in [3.05, 3.63) is 17.7 Å². The van der Waals surface area contributed by atoms with E-state index >= 15 is 0 Å². The second-order valence-electron chi connectivity index (χ2n) is 0.558. The van der Waals surface area contributed by atoms with Gasteiger partial charge in [-0.3, -0.25) is 0 Å². The first kappa shape index (κ1) is 4.87. The lowest BCUT2D eigenvalue weighted by Crippen LogP contribution is -1.29. The first-order valence-electron chi connectivity index (χ1n) is 1.29. The van der Waals surface area contributed by atoms with Crippen molar-refractivity contribution >= 4 is 11.8 Å². The van der Waals surface area contributed by atoms with E-state index in [0.717, 1.165) is 0 Å². The molecule has 0 nitrogen and oxygen atoms in total. The van der Waals surface area contributed by atoms with Crippen molar-refractivity contribution in [2.24, 2.45) is 0 Å². The van der Waals surface area contributed by atoms with Crippen molar-refractivity contribution in [3.63, 3.8) is 0 Å². The van der Waals surface area contributed by atoms with E-state index in [0.29, 0.717) is 0 Å². The summed E-state index contributed by atoms with van der Waals surface area (Å²) in [5, 5.41) is 1.81. The molecule has 0 aromatic rings. The summed E-state index contributed by atoms with van der Waals surface area (Å²) in [6.45, 7) is 3.35. The molecule has 0 rings (SSSR count). The van der Waals surface area contributed by atoms with Crippen molar-refractivity contribution in [1.29, 1.82) is 0 Å². The summed E-state index contributed by atoms with van der Waals surface area (Å²) in [6, 6.07) is 0. The van der Waals surface area contributed by atoms with Crippen molar-refractivity contribution < 1.29 is 0 Å². The Bertz CT molecular complexity index is 50.7. The first-order valence-corrected chi connectivity index (χ1v) is 2.57. The van der Waals surface area contributed by atoms with Gasteiger partial charge in [-0.05, 0) is 6.26 Å². The molecule has 0 spiro atoms. The quantitative estimate of drug-likeness (QED) is 0.437. The van der Waals surface area contributed by atoms with Crippen molar-refractivity contribution in [2.75, 3.05) is 6.26 Å². The van der Waals surface area contributed by atoms with E-state index in [-0.39, 0.29) is 0 Å². The third kappa shape index (κ3) is 3.87. The standard InChI is InChI=1S/C4H6S/c1-3-4-5-2/h4H,1H2,2H3. The highest BCUT2D eigenvalue weighted by atomic mass is 32.2. The largest absolute Gasteiger partial charge is 0.129 e.